The Kier molecular flexibility index (Phi) is 7.82. The zero-order chi connectivity index (χ0) is 18.1. The number of rotatable bonds is 9. The van der Waals surface area contributed by atoms with Crippen LogP contribution in [-0.2, 0) is 4.79 Å². The summed E-state index contributed by atoms with van der Waals surface area (Å²) >= 11 is 0. The maximum atomic E-state index is 12.3. The van der Waals surface area contributed by atoms with Gasteiger partial charge in [0.25, 0.3) is 5.91 Å². The standard InChI is InChI=1S/C18H25NO5/c1-5-6-7-14(18(21)22)19-17(20)13-8-9-15(16(10-13)23-4)24-11-12(2)3/h5-6,8-10,12,14H,7,11H2,1-4H3,(H,19,20)(H,21,22)/b6-5+. The molecule has 6 nitrogen and oxygen atoms in total. The lowest BCUT2D eigenvalue weighted by Gasteiger charge is -2.15. The molecule has 0 spiro atoms. The minimum atomic E-state index is -1.08. The van der Waals surface area contributed by atoms with E-state index in [1.807, 2.05) is 13.8 Å². The highest BCUT2D eigenvalue weighted by Crippen LogP contribution is 2.28. The molecule has 0 aliphatic heterocycles. The van der Waals surface area contributed by atoms with E-state index in [-0.39, 0.29) is 6.42 Å². The summed E-state index contributed by atoms with van der Waals surface area (Å²) in [5.74, 6) is -0.207. The summed E-state index contributed by atoms with van der Waals surface area (Å²) in [5, 5.41) is 11.7. The number of ether oxygens (including phenoxy) is 2. The summed E-state index contributed by atoms with van der Waals surface area (Å²) < 4.78 is 10.9. The number of benzene rings is 1. The molecule has 1 amide bonds. The summed E-state index contributed by atoms with van der Waals surface area (Å²) in [6.45, 7) is 6.39. The fraction of sp³-hybridized carbons (Fsp3) is 0.444. The average molecular weight is 335 g/mol. The van der Waals surface area contributed by atoms with Crippen molar-refractivity contribution >= 4 is 11.9 Å². The molecule has 1 aromatic carbocycles. The van der Waals surface area contributed by atoms with Gasteiger partial charge in [0.1, 0.15) is 6.04 Å². The predicted molar refractivity (Wildman–Crippen MR) is 91.6 cm³/mol. The van der Waals surface area contributed by atoms with Gasteiger partial charge in [-0.05, 0) is 37.5 Å². The maximum Gasteiger partial charge on any atom is 0.326 e. The zero-order valence-corrected chi connectivity index (χ0v) is 14.5. The minimum absolute atomic E-state index is 0.226. The molecule has 0 heterocycles. The fourth-order valence-corrected chi connectivity index (χ4v) is 1.92. The Hall–Kier alpha value is -2.50. The summed E-state index contributed by atoms with van der Waals surface area (Å²) in [6.07, 6.45) is 3.67. The normalized spacial score (nSPS) is 12.2. The monoisotopic (exact) mass is 335 g/mol. The number of aliphatic carboxylic acids is 1. The van der Waals surface area contributed by atoms with E-state index >= 15 is 0 Å². The lowest BCUT2D eigenvalue weighted by Crippen LogP contribution is -2.40. The lowest BCUT2D eigenvalue weighted by atomic mass is 10.1. The van der Waals surface area contributed by atoms with Crippen molar-refractivity contribution in [1.29, 1.82) is 0 Å². The van der Waals surface area contributed by atoms with Gasteiger partial charge in [0.05, 0.1) is 13.7 Å². The first kappa shape index (κ1) is 19.5. The van der Waals surface area contributed by atoms with Gasteiger partial charge < -0.3 is 19.9 Å². The molecule has 2 N–H and O–H groups in total. The molecule has 0 radical (unpaired) electrons. The molecule has 0 aromatic heterocycles. The number of carbonyl (C=O) groups excluding carboxylic acids is 1. The Morgan fingerprint density at radius 2 is 2.00 bits per heavy atom. The predicted octanol–water partition coefficient (Wildman–Crippen LogP) is 2.88. The van der Waals surface area contributed by atoms with Crippen LogP contribution in [0.25, 0.3) is 0 Å². The first-order chi connectivity index (χ1) is 11.4. The molecular formula is C18H25NO5. The Bertz CT molecular complexity index is 595. The van der Waals surface area contributed by atoms with Gasteiger partial charge >= 0.3 is 5.97 Å². The summed E-state index contributed by atoms with van der Waals surface area (Å²) in [4.78, 5) is 23.5. The van der Waals surface area contributed by atoms with Crippen molar-refractivity contribution in [3.05, 3.63) is 35.9 Å². The number of hydrogen-bond acceptors (Lipinski definition) is 4. The van der Waals surface area contributed by atoms with Gasteiger partial charge in [-0.15, -0.1) is 0 Å². The molecule has 0 bridgehead atoms. The Morgan fingerprint density at radius 1 is 1.29 bits per heavy atom. The van der Waals surface area contributed by atoms with Crippen molar-refractivity contribution in [3.63, 3.8) is 0 Å². The van der Waals surface area contributed by atoms with E-state index in [9.17, 15) is 9.59 Å². The second kappa shape index (κ2) is 9.60. The Morgan fingerprint density at radius 3 is 2.54 bits per heavy atom. The summed E-state index contributed by atoms with van der Waals surface area (Å²) in [5.41, 5.74) is 0.315. The number of nitrogens with one attached hydrogen (secondary N) is 1. The highest BCUT2D eigenvalue weighted by atomic mass is 16.5. The first-order valence-electron chi connectivity index (χ1n) is 7.84. The topological polar surface area (TPSA) is 84.9 Å². The largest absolute Gasteiger partial charge is 0.493 e. The van der Waals surface area contributed by atoms with Crippen molar-refractivity contribution in [1.82, 2.24) is 5.32 Å². The first-order valence-corrected chi connectivity index (χ1v) is 7.84. The zero-order valence-electron chi connectivity index (χ0n) is 14.5. The molecule has 0 saturated carbocycles. The van der Waals surface area contributed by atoms with Crippen LogP contribution < -0.4 is 14.8 Å². The van der Waals surface area contributed by atoms with Gasteiger partial charge in [-0.1, -0.05) is 26.0 Å². The Balaban J connectivity index is 2.88. The van der Waals surface area contributed by atoms with Crippen LogP contribution in [0, 0.1) is 5.92 Å². The number of carbonyl (C=O) groups is 2. The second-order valence-electron chi connectivity index (χ2n) is 5.74. The third-order valence-electron chi connectivity index (χ3n) is 3.21. The van der Waals surface area contributed by atoms with Crippen LogP contribution in [0.15, 0.2) is 30.4 Å². The van der Waals surface area contributed by atoms with E-state index in [0.29, 0.717) is 29.6 Å². The molecule has 0 fully saturated rings. The van der Waals surface area contributed by atoms with Gasteiger partial charge in [0.2, 0.25) is 0 Å². The van der Waals surface area contributed by atoms with Gasteiger partial charge in [-0.3, -0.25) is 4.79 Å². The molecule has 0 saturated heterocycles. The van der Waals surface area contributed by atoms with Crippen molar-refractivity contribution in [3.8, 4) is 11.5 Å². The van der Waals surface area contributed by atoms with E-state index < -0.39 is 17.9 Å². The van der Waals surface area contributed by atoms with Crippen molar-refractivity contribution in [2.24, 2.45) is 5.92 Å². The molecular weight excluding hydrogens is 310 g/mol. The second-order valence-corrected chi connectivity index (χ2v) is 5.74. The molecule has 132 valence electrons. The van der Waals surface area contributed by atoms with Gasteiger partial charge in [-0.25, -0.2) is 4.79 Å². The number of methoxy groups -OCH3 is 1. The molecule has 1 atom stereocenters. The van der Waals surface area contributed by atoms with Crippen LogP contribution in [0.1, 0.15) is 37.6 Å². The van der Waals surface area contributed by atoms with E-state index in [1.54, 1.807) is 37.3 Å². The number of carboxylic acids is 1. The average Bonchev–Trinajstić information content (AvgIpc) is 2.55. The van der Waals surface area contributed by atoms with Crippen LogP contribution >= 0.6 is 0 Å². The number of allylic oxidation sites excluding steroid dienone is 1. The van der Waals surface area contributed by atoms with Crippen molar-refractivity contribution in [2.75, 3.05) is 13.7 Å². The summed E-state index contributed by atoms with van der Waals surface area (Å²) in [6, 6.07) is 3.80. The third-order valence-corrected chi connectivity index (χ3v) is 3.21. The van der Waals surface area contributed by atoms with Gasteiger partial charge in [0.15, 0.2) is 11.5 Å². The van der Waals surface area contributed by atoms with E-state index in [2.05, 4.69) is 5.32 Å². The molecule has 1 aromatic rings. The van der Waals surface area contributed by atoms with E-state index in [4.69, 9.17) is 14.6 Å². The van der Waals surface area contributed by atoms with Crippen LogP contribution in [-0.4, -0.2) is 36.7 Å². The molecule has 6 heteroatoms. The van der Waals surface area contributed by atoms with Crippen molar-refractivity contribution < 1.29 is 24.2 Å². The van der Waals surface area contributed by atoms with E-state index in [0.717, 1.165) is 0 Å². The quantitative estimate of drug-likeness (QED) is 0.678. The SMILES string of the molecule is C/C=C/CC(NC(=O)c1ccc(OCC(C)C)c(OC)c1)C(=O)O. The van der Waals surface area contributed by atoms with E-state index in [1.165, 1.54) is 7.11 Å². The van der Waals surface area contributed by atoms with Crippen LogP contribution in [0.2, 0.25) is 0 Å². The highest BCUT2D eigenvalue weighted by Gasteiger charge is 2.20. The Labute approximate surface area is 142 Å². The van der Waals surface area contributed by atoms with Gasteiger partial charge in [-0.2, -0.15) is 0 Å². The number of hydrogen-bond donors (Lipinski definition) is 2. The van der Waals surface area contributed by atoms with Crippen LogP contribution in [0.5, 0.6) is 11.5 Å². The van der Waals surface area contributed by atoms with Crippen molar-refractivity contribution in [2.45, 2.75) is 33.2 Å². The highest BCUT2D eigenvalue weighted by molar-refractivity contribution is 5.97. The molecule has 1 rings (SSSR count). The molecule has 24 heavy (non-hydrogen) atoms. The third kappa shape index (κ3) is 5.95. The number of carboxylic acid groups (broad SMARTS) is 1. The van der Waals surface area contributed by atoms with Crippen LogP contribution in [0.4, 0.5) is 0 Å². The lowest BCUT2D eigenvalue weighted by molar-refractivity contribution is -0.139. The smallest absolute Gasteiger partial charge is 0.326 e. The number of amides is 1. The minimum Gasteiger partial charge on any atom is -0.493 e. The summed E-state index contributed by atoms with van der Waals surface area (Å²) in [7, 11) is 1.49. The maximum absolute atomic E-state index is 12.3. The fourth-order valence-electron chi connectivity index (χ4n) is 1.92. The molecule has 1 unspecified atom stereocenters. The van der Waals surface area contributed by atoms with Gasteiger partial charge in [0, 0.05) is 5.56 Å². The molecule has 0 aliphatic carbocycles. The molecule has 0 aliphatic rings. The van der Waals surface area contributed by atoms with Crippen LogP contribution in [0.3, 0.4) is 0 Å².